The van der Waals surface area contributed by atoms with Gasteiger partial charge in [0.2, 0.25) is 0 Å². The van der Waals surface area contributed by atoms with Crippen molar-refractivity contribution in [3.63, 3.8) is 0 Å². The van der Waals surface area contributed by atoms with Crippen molar-refractivity contribution < 1.29 is 14.7 Å². The van der Waals surface area contributed by atoms with Crippen LogP contribution in [0.15, 0.2) is 60.7 Å². The highest BCUT2D eigenvalue weighted by atomic mass is 16.3. The lowest BCUT2D eigenvalue weighted by Crippen LogP contribution is -2.00. The van der Waals surface area contributed by atoms with Crippen molar-refractivity contribution in [1.29, 1.82) is 0 Å². The van der Waals surface area contributed by atoms with E-state index in [0.717, 1.165) is 0 Å². The summed E-state index contributed by atoms with van der Waals surface area (Å²) in [6.07, 6.45) is 3.79. The molecule has 108 valence electrons. The maximum absolute atomic E-state index is 12.3. The quantitative estimate of drug-likeness (QED) is 0.534. The van der Waals surface area contributed by atoms with E-state index in [1.54, 1.807) is 54.6 Å². The summed E-state index contributed by atoms with van der Waals surface area (Å²) in [5, 5.41) is 9.77. The lowest BCUT2D eigenvalue weighted by Gasteiger charge is -2.03. The SMILES string of the molecule is C=CCc1cc(C=C2C(=O)c3ccccc3C2=O)ccc1O. The monoisotopic (exact) mass is 290 g/mol. The maximum Gasteiger partial charge on any atom is 0.197 e. The van der Waals surface area contributed by atoms with E-state index in [1.165, 1.54) is 0 Å². The normalized spacial score (nSPS) is 13.2. The predicted octanol–water partition coefficient (Wildman–Crippen LogP) is 3.58. The van der Waals surface area contributed by atoms with Crippen LogP contribution in [0, 0.1) is 0 Å². The van der Waals surface area contributed by atoms with Crippen LogP contribution in [0.5, 0.6) is 5.75 Å². The average Bonchev–Trinajstić information content (AvgIpc) is 2.76. The molecule has 1 N–H and O–H groups in total. The minimum atomic E-state index is -0.251. The number of benzene rings is 2. The minimum absolute atomic E-state index is 0.163. The van der Waals surface area contributed by atoms with Gasteiger partial charge in [-0.3, -0.25) is 9.59 Å². The first-order chi connectivity index (χ1) is 10.6. The van der Waals surface area contributed by atoms with Crippen molar-refractivity contribution in [3.8, 4) is 5.75 Å². The van der Waals surface area contributed by atoms with E-state index in [1.807, 2.05) is 0 Å². The first kappa shape index (κ1) is 14.0. The van der Waals surface area contributed by atoms with Crippen LogP contribution in [0.3, 0.4) is 0 Å². The molecular formula is C19H14O3. The average molecular weight is 290 g/mol. The molecule has 2 aromatic carbocycles. The zero-order chi connectivity index (χ0) is 15.7. The van der Waals surface area contributed by atoms with Crippen LogP contribution < -0.4 is 0 Å². The molecule has 0 spiro atoms. The number of carbonyl (C=O) groups is 2. The topological polar surface area (TPSA) is 54.4 Å². The summed E-state index contributed by atoms with van der Waals surface area (Å²) in [6.45, 7) is 3.65. The Morgan fingerprint density at radius 1 is 1.00 bits per heavy atom. The first-order valence-corrected chi connectivity index (χ1v) is 6.94. The molecule has 3 rings (SSSR count). The van der Waals surface area contributed by atoms with Crippen LogP contribution in [0.1, 0.15) is 31.8 Å². The molecule has 0 saturated heterocycles. The number of rotatable bonds is 3. The smallest absolute Gasteiger partial charge is 0.197 e. The van der Waals surface area contributed by atoms with Crippen molar-refractivity contribution in [2.45, 2.75) is 6.42 Å². The highest BCUT2D eigenvalue weighted by molar-refractivity contribution is 6.41. The Hall–Kier alpha value is -2.94. The molecule has 0 unspecified atom stereocenters. The molecule has 0 heterocycles. The van der Waals surface area contributed by atoms with Crippen LogP contribution in [-0.2, 0) is 6.42 Å². The molecule has 3 heteroatoms. The van der Waals surface area contributed by atoms with Crippen molar-refractivity contribution in [2.24, 2.45) is 0 Å². The number of carbonyl (C=O) groups excluding carboxylic acids is 2. The summed E-state index contributed by atoms with van der Waals surface area (Å²) < 4.78 is 0. The minimum Gasteiger partial charge on any atom is -0.508 e. The number of hydrogen-bond donors (Lipinski definition) is 1. The van der Waals surface area contributed by atoms with E-state index in [4.69, 9.17) is 0 Å². The zero-order valence-electron chi connectivity index (χ0n) is 11.9. The van der Waals surface area contributed by atoms with Gasteiger partial charge in [0.05, 0.1) is 5.57 Å². The van der Waals surface area contributed by atoms with Crippen molar-refractivity contribution in [1.82, 2.24) is 0 Å². The number of Topliss-reactive ketones (excluding diaryl/α,β-unsaturated/α-hetero) is 2. The van der Waals surface area contributed by atoms with Crippen LogP contribution in [0.25, 0.3) is 6.08 Å². The predicted molar refractivity (Wildman–Crippen MR) is 85.1 cm³/mol. The summed E-state index contributed by atoms with van der Waals surface area (Å²) >= 11 is 0. The third kappa shape index (κ3) is 2.27. The molecule has 1 aliphatic carbocycles. The van der Waals surface area contributed by atoms with Gasteiger partial charge in [0.1, 0.15) is 5.75 Å². The number of allylic oxidation sites excluding steroid dienone is 2. The molecule has 0 aromatic heterocycles. The first-order valence-electron chi connectivity index (χ1n) is 6.94. The van der Waals surface area contributed by atoms with E-state index in [-0.39, 0.29) is 22.9 Å². The molecule has 3 nitrogen and oxygen atoms in total. The fourth-order valence-electron chi connectivity index (χ4n) is 2.58. The number of ketones is 2. The number of fused-ring (bicyclic) bond motifs is 1. The third-order valence-electron chi connectivity index (χ3n) is 3.68. The van der Waals surface area contributed by atoms with E-state index >= 15 is 0 Å². The van der Waals surface area contributed by atoms with Gasteiger partial charge in [-0.25, -0.2) is 0 Å². The van der Waals surface area contributed by atoms with Crippen molar-refractivity contribution in [2.75, 3.05) is 0 Å². The lowest BCUT2D eigenvalue weighted by molar-refractivity contribution is 0.0990. The fourth-order valence-corrected chi connectivity index (χ4v) is 2.58. The third-order valence-corrected chi connectivity index (χ3v) is 3.68. The molecule has 0 bridgehead atoms. The van der Waals surface area contributed by atoms with Gasteiger partial charge in [-0.1, -0.05) is 36.4 Å². The molecule has 0 saturated carbocycles. The van der Waals surface area contributed by atoms with Gasteiger partial charge in [-0.05, 0) is 35.8 Å². The Morgan fingerprint density at radius 2 is 1.64 bits per heavy atom. The van der Waals surface area contributed by atoms with Gasteiger partial charge in [0, 0.05) is 11.1 Å². The summed E-state index contributed by atoms with van der Waals surface area (Å²) in [7, 11) is 0. The van der Waals surface area contributed by atoms with Gasteiger partial charge in [-0.2, -0.15) is 0 Å². The van der Waals surface area contributed by atoms with Gasteiger partial charge in [0.15, 0.2) is 11.6 Å². The Balaban J connectivity index is 2.04. The number of aromatic hydroxyl groups is 1. The summed E-state index contributed by atoms with van der Waals surface area (Å²) in [6, 6.07) is 11.8. The summed E-state index contributed by atoms with van der Waals surface area (Å²) in [5.41, 5.74) is 2.48. The van der Waals surface area contributed by atoms with Gasteiger partial charge >= 0.3 is 0 Å². The zero-order valence-corrected chi connectivity index (χ0v) is 11.9. The number of phenols is 1. The Morgan fingerprint density at radius 3 is 2.23 bits per heavy atom. The lowest BCUT2D eigenvalue weighted by atomic mass is 10.0. The standard InChI is InChI=1S/C19H14O3/c1-2-5-13-10-12(8-9-17(13)20)11-16-18(21)14-6-3-4-7-15(14)19(16)22/h2-4,6-11,20H,1,5H2. The molecular weight excluding hydrogens is 276 g/mol. The number of hydrogen-bond acceptors (Lipinski definition) is 3. The van der Waals surface area contributed by atoms with E-state index in [0.29, 0.717) is 28.7 Å². The Labute approximate surface area is 128 Å². The van der Waals surface area contributed by atoms with E-state index in [2.05, 4.69) is 6.58 Å². The Bertz CT molecular complexity index is 791. The van der Waals surface area contributed by atoms with Crippen LogP contribution >= 0.6 is 0 Å². The molecule has 0 fully saturated rings. The highest BCUT2D eigenvalue weighted by Gasteiger charge is 2.32. The molecule has 22 heavy (non-hydrogen) atoms. The van der Waals surface area contributed by atoms with Crippen molar-refractivity contribution in [3.05, 3.63) is 82.9 Å². The largest absolute Gasteiger partial charge is 0.508 e. The fraction of sp³-hybridized carbons (Fsp3) is 0.0526. The molecule has 2 aromatic rings. The van der Waals surface area contributed by atoms with Crippen LogP contribution in [0.2, 0.25) is 0 Å². The van der Waals surface area contributed by atoms with Gasteiger partial charge in [0.25, 0.3) is 0 Å². The van der Waals surface area contributed by atoms with E-state index < -0.39 is 0 Å². The van der Waals surface area contributed by atoms with Crippen molar-refractivity contribution >= 4 is 17.6 Å². The molecule has 0 aliphatic heterocycles. The second-order valence-corrected chi connectivity index (χ2v) is 5.14. The molecule has 0 radical (unpaired) electrons. The molecule has 0 atom stereocenters. The molecule has 0 amide bonds. The van der Waals surface area contributed by atoms with Crippen LogP contribution in [-0.4, -0.2) is 16.7 Å². The van der Waals surface area contributed by atoms with Crippen LogP contribution in [0.4, 0.5) is 0 Å². The second kappa shape index (κ2) is 5.45. The molecule has 1 aliphatic rings. The summed E-state index contributed by atoms with van der Waals surface area (Å²) in [5.74, 6) is -0.327. The number of phenolic OH excluding ortho intramolecular Hbond substituents is 1. The Kier molecular flexibility index (Phi) is 3.47. The van der Waals surface area contributed by atoms with Gasteiger partial charge in [-0.15, -0.1) is 6.58 Å². The second-order valence-electron chi connectivity index (χ2n) is 5.14. The van der Waals surface area contributed by atoms with E-state index in [9.17, 15) is 14.7 Å². The van der Waals surface area contributed by atoms with Gasteiger partial charge < -0.3 is 5.11 Å². The highest BCUT2D eigenvalue weighted by Crippen LogP contribution is 2.28. The maximum atomic E-state index is 12.3. The summed E-state index contributed by atoms with van der Waals surface area (Å²) in [4.78, 5) is 24.7.